The van der Waals surface area contributed by atoms with Crippen molar-refractivity contribution in [2.75, 3.05) is 36.5 Å². The number of aliphatic imine (C=N–C) groups is 1. The Balaban J connectivity index is 1.66. The van der Waals surface area contributed by atoms with Crippen molar-refractivity contribution >= 4 is 29.4 Å². The fourth-order valence-electron chi connectivity index (χ4n) is 3.00. The van der Waals surface area contributed by atoms with Crippen LogP contribution < -0.4 is 19.9 Å². The lowest BCUT2D eigenvalue weighted by molar-refractivity contribution is -0.127. The Labute approximate surface area is 136 Å². The highest BCUT2D eigenvalue weighted by atomic mass is 19.1. The average Bonchev–Trinajstić information content (AvgIpc) is 3.14. The van der Waals surface area contributed by atoms with Crippen molar-refractivity contribution in [2.45, 2.75) is 12.5 Å². The molecule has 0 unspecified atom stereocenters. The Bertz CT molecular complexity index is 766. The number of likely N-dealkylation sites (N-methyl/N-ethyl adjacent to an activating group) is 1. The Hall–Kier alpha value is -2.84. The summed E-state index contributed by atoms with van der Waals surface area (Å²) in [7, 11) is 1.46. The monoisotopic (exact) mass is 334 g/mol. The van der Waals surface area contributed by atoms with Crippen LogP contribution in [0.15, 0.2) is 17.1 Å². The van der Waals surface area contributed by atoms with Gasteiger partial charge in [-0.15, -0.1) is 0 Å². The van der Waals surface area contributed by atoms with E-state index in [4.69, 9.17) is 9.47 Å². The predicted molar refractivity (Wildman–Crippen MR) is 83.0 cm³/mol. The highest BCUT2D eigenvalue weighted by Gasteiger charge is 2.39. The third kappa shape index (κ3) is 2.15. The Morgan fingerprint density at radius 3 is 3.04 bits per heavy atom. The SMILES string of the molecule is CNC(=O)[C@H]1CN(c2cc(F)c3c(c2)OC2=NCCCN23)C(=O)O1. The van der Waals surface area contributed by atoms with Gasteiger partial charge in [0.25, 0.3) is 11.9 Å². The highest BCUT2D eigenvalue weighted by Crippen LogP contribution is 2.42. The van der Waals surface area contributed by atoms with Gasteiger partial charge in [0.2, 0.25) is 0 Å². The number of cyclic esters (lactones) is 1. The van der Waals surface area contributed by atoms with E-state index in [1.807, 2.05) is 0 Å². The number of carbonyl (C=O) groups excluding carboxylic acids is 2. The molecule has 1 N–H and O–H groups in total. The first kappa shape index (κ1) is 14.7. The molecule has 9 heteroatoms. The number of hydrogen-bond acceptors (Lipinski definition) is 6. The van der Waals surface area contributed by atoms with Gasteiger partial charge < -0.3 is 14.8 Å². The largest absolute Gasteiger partial charge is 0.434 e. The van der Waals surface area contributed by atoms with Gasteiger partial charge in [0.05, 0.1) is 12.2 Å². The van der Waals surface area contributed by atoms with E-state index in [1.165, 1.54) is 18.0 Å². The van der Waals surface area contributed by atoms with E-state index in [0.29, 0.717) is 30.5 Å². The molecule has 1 atom stereocenters. The molecule has 24 heavy (non-hydrogen) atoms. The van der Waals surface area contributed by atoms with Gasteiger partial charge >= 0.3 is 6.09 Å². The van der Waals surface area contributed by atoms with Gasteiger partial charge in [0.15, 0.2) is 17.7 Å². The molecule has 3 aliphatic rings. The first-order chi connectivity index (χ1) is 11.6. The lowest BCUT2D eigenvalue weighted by Crippen LogP contribution is -2.35. The van der Waals surface area contributed by atoms with Crippen molar-refractivity contribution in [1.29, 1.82) is 0 Å². The van der Waals surface area contributed by atoms with E-state index >= 15 is 0 Å². The summed E-state index contributed by atoms with van der Waals surface area (Å²) >= 11 is 0. The minimum absolute atomic E-state index is 0.0153. The summed E-state index contributed by atoms with van der Waals surface area (Å²) in [5, 5.41) is 2.42. The number of rotatable bonds is 2. The van der Waals surface area contributed by atoms with Crippen LogP contribution in [0.2, 0.25) is 0 Å². The Morgan fingerprint density at radius 1 is 1.42 bits per heavy atom. The summed E-state index contributed by atoms with van der Waals surface area (Å²) in [5.41, 5.74) is 0.607. The van der Waals surface area contributed by atoms with Crippen molar-refractivity contribution in [3.05, 3.63) is 17.9 Å². The second kappa shape index (κ2) is 5.36. The molecule has 2 amide bonds. The second-order valence-electron chi connectivity index (χ2n) is 5.64. The van der Waals surface area contributed by atoms with Crippen LogP contribution in [0.3, 0.4) is 0 Å². The molecule has 0 saturated carbocycles. The molecule has 1 aromatic rings. The van der Waals surface area contributed by atoms with Gasteiger partial charge in [0, 0.05) is 32.3 Å². The molecule has 1 aromatic carbocycles. The fourth-order valence-corrected chi connectivity index (χ4v) is 3.00. The minimum Gasteiger partial charge on any atom is -0.434 e. The van der Waals surface area contributed by atoms with E-state index < -0.39 is 23.9 Å². The van der Waals surface area contributed by atoms with Gasteiger partial charge in [0.1, 0.15) is 5.69 Å². The summed E-state index contributed by atoms with van der Waals surface area (Å²) in [5.74, 6) is -0.608. The summed E-state index contributed by atoms with van der Waals surface area (Å²) in [6.45, 7) is 1.29. The van der Waals surface area contributed by atoms with Crippen LogP contribution in [0, 0.1) is 5.82 Å². The highest BCUT2D eigenvalue weighted by molar-refractivity contribution is 6.02. The molecule has 3 aliphatic heterocycles. The fraction of sp³-hybridized carbons (Fsp3) is 0.400. The first-order valence-electron chi connectivity index (χ1n) is 7.61. The topological polar surface area (TPSA) is 83.5 Å². The number of amidine groups is 1. The van der Waals surface area contributed by atoms with Crippen molar-refractivity contribution < 1.29 is 23.5 Å². The van der Waals surface area contributed by atoms with Crippen LogP contribution in [0.4, 0.5) is 20.6 Å². The normalized spacial score (nSPS) is 21.7. The zero-order valence-corrected chi connectivity index (χ0v) is 12.9. The van der Waals surface area contributed by atoms with E-state index in [0.717, 1.165) is 6.42 Å². The van der Waals surface area contributed by atoms with E-state index in [1.54, 1.807) is 11.0 Å². The van der Waals surface area contributed by atoms with Crippen LogP contribution >= 0.6 is 0 Å². The van der Waals surface area contributed by atoms with Gasteiger partial charge in [-0.3, -0.25) is 14.6 Å². The molecular formula is C15H15FN4O4. The molecule has 4 rings (SSSR count). The molecule has 0 bridgehead atoms. The standard InChI is InChI=1S/C15H15FN4O4/c1-17-13(21)11-7-20(15(22)24-11)8-5-9(16)12-10(6-8)23-14-18-3-2-4-19(12)14/h5-6,11H,2-4,7H2,1H3,(H,17,21)/t11-/m1/s1. The quantitative estimate of drug-likeness (QED) is 0.867. The number of benzene rings is 1. The third-order valence-electron chi connectivity index (χ3n) is 4.16. The number of halogens is 1. The van der Waals surface area contributed by atoms with Crippen LogP contribution in [0.25, 0.3) is 0 Å². The van der Waals surface area contributed by atoms with Crippen LogP contribution in [-0.2, 0) is 9.53 Å². The lowest BCUT2D eigenvalue weighted by Gasteiger charge is -2.20. The molecule has 0 aliphatic carbocycles. The van der Waals surface area contributed by atoms with Crippen molar-refractivity contribution in [3.8, 4) is 5.75 Å². The number of nitrogens with zero attached hydrogens (tertiary/aromatic N) is 3. The average molecular weight is 334 g/mol. The molecule has 126 valence electrons. The zero-order valence-electron chi connectivity index (χ0n) is 12.9. The van der Waals surface area contributed by atoms with Gasteiger partial charge in [-0.2, -0.15) is 0 Å². The predicted octanol–water partition coefficient (Wildman–Crippen LogP) is 0.855. The molecule has 1 saturated heterocycles. The van der Waals surface area contributed by atoms with Crippen LogP contribution in [0.5, 0.6) is 5.75 Å². The Morgan fingerprint density at radius 2 is 2.25 bits per heavy atom. The third-order valence-corrected chi connectivity index (χ3v) is 4.16. The van der Waals surface area contributed by atoms with E-state index in [2.05, 4.69) is 10.3 Å². The number of hydrogen-bond donors (Lipinski definition) is 1. The van der Waals surface area contributed by atoms with Gasteiger partial charge in [-0.1, -0.05) is 0 Å². The van der Waals surface area contributed by atoms with Crippen LogP contribution in [0.1, 0.15) is 6.42 Å². The molecule has 1 fully saturated rings. The second-order valence-corrected chi connectivity index (χ2v) is 5.64. The molecule has 0 radical (unpaired) electrons. The number of anilines is 2. The van der Waals surface area contributed by atoms with Gasteiger partial charge in [-0.05, 0) is 6.42 Å². The summed E-state index contributed by atoms with van der Waals surface area (Å²) < 4.78 is 25.2. The minimum atomic E-state index is -0.921. The van der Waals surface area contributed by atoms with E-state index in [-0.39, 0.29) is 12.2 Å². The number of fused-ring (bicyclic) bond motifs is 3. The molecule has 8 nitrogen and oxygen atoms in total. The maximum Gasteiger partial charge on any atom is 0.415 e. The maximum absolute atomic E-state index is 14.6. The zero-order chi connectivity index (χ0) is 16.8. The summed E-state index contributed by atoms with van der Waals surface area (Å²) in [4.78, 5) is 30.8. The number of amides is 2. The Kier molecular flexibility index (Phi) is 3.29. The van der Waals surface area contributed by atoms with Crippen molar-refractivity contribution in [2.24, 2.45) is 4.99 Å². The van der Waals surface area contributed by atoms with Gasteiger partial charge in [-0.25, -0.2) is 14.2 Å². The number of carbonyl (C=O) groups is 2. The summed E-state index contributed by atoms with van der Waals surface area (Å²) in [6, 6.07) is 3.18. The smallest absolute Gasteiger partial charge is 0.415 e. The van der Waals surface area contributed by atoms with Crippen LogP contribution in [-0.4, -0.2) is 50.8 Å². The molecule has 0 spiro atoms. The lowest BCUT2D eigenvalue weighted by atomic mass is 10.2. The molecule has 0 aromatic heterocycles. The van der Waals surface area contributed by atoms with E-state index in [9.17, 15) is 14.0 Å². The molecule has 3 heterocycles. The number of ether oxygens (including phenoxy) is 2. The van der Waals surface area contributed by atoms with Crippen molar-refractivity contribution in [3.63, 3.8) is 0 Å². The van der Waals surface area contributed by atoms with Crippen molar-refractivity contribution in [1.82, 2.24) is 5.32 Å². The maximum atomic E-state index is 14.6. The summed E-state index contributed by atoms with van der Waals surface area (Å²) in [6.07, 6.45) is -0.800. The number of nitrogens with one attached hydrogen (secondary N) is 1. The molecular weight excluding hydrogens is 319 g/mol. The first-order valence-corrected chi connectivity index (χ1v) is 7.61.